The summed E-state index contributed by atoms with van der Waals surface area (Å²) in [5.74, 6) is -1.58. The Morgan fingerprint density at radius 1 is 1.18 bits per heavy atom. The maximum absolute atomic E-state index is 14.0. The van der Waals surface area contributed by atoms with Gasteiger partial charge in [0.1, 0.15) is 11.4 Å². The zero-order valence-electron chi connectivity index (χ0n) is 15.3. The molecule has 148 valence electrons. The van der Waals surface area contributed by atoms with Crippen molar-refractivity contribution in [3.05, 3.63) is 52.3 Å². The minimum absolute atomic E-state index is 0.00764. The van der Waals surface area contributed by atoms with Gasteiger partial charge in [-0.15, -0.1) is 0 Å². The minimum atomic E-state index is -0.923. The SMILES string of the molecule is COC(=O)C(C)Oc1ccc(Nc2cc(NC(C)=O)c(F)cc2[N+](=O)[O-])cc1. The summed E-state index contributed by atoms with van der Waals surface area (Å²) in [4.78, 5) is 33.0. The molecule has 2 aromatic carbocycles. The summed E-state index contributed by atoms with van der Waals surface area (Å²) in [6.45, 7) is 2.73. The Labute approximate surface area is 159 Å². The van der Waals surface area contributed by atoms with Crippen LogP contribution in [-0.2, 0) is 14.3 Å². The van der Waals surface area contributed by atoms with E-state index < -0.39 is 34.4 Å². The van der Waals surface area contributed by atoms with Gasteiger partial charge >= 0.3 is 5.97 Å². The number of esters is 1. The fourth-order valence-electron chi connectivity index (χ4n) is 2.29. The van der Waals surface area contributed by atoms with Gasteiger partial charge in [0.15, 0.2) is 11.9 Å². The predicted molar refractivity (Wildman–Crippen MR) is 99.2 cm³/mol. The summed E-state index contributed by atoms with van der Waals surface area (Å²) in [5, 5.41) is 16.3. The van der Waals surface area contributed by atoms with Crippen LogP contribution in [0.3, 0.4) is 0 Å². The smallest absolute Gasteiger partial charge is 0.346 e. The molecule has 2 rings (SSSR count). The van der Waals surface area contributed by atoms with E-state index in [4.69, 9.17) is 4.74 Å². The number of rotatable bonds is 7. The first-order valence-corrected chi connectivity index (χ1v) is 8.08. The number of methoxy groups -OCH3 is 1. The van der Waals surface area contributed by atoms with Crippen LogP contribution < -0.4 is 15.4 Å². The molecule has 0 aromatic heterocycles. The number of benzene rings is 2. The molecule has 10 heteroatoms. The molecule has 0 saturated carbocycles. The average molecular weight is 391 g/mol. The van der Waals surface area contributed by atoms with Gasteiger partial charge in [0.25, 0.3) is 5.69 Å². The summed E-state index contributed by atoms with van der Waals surface area (Å²) < 4.78 is 23.9. The van der Waals surface area contributed by atoms with Gasteiger partial charge in [-0.2, -0.15) is 0 Å². The predicted octanol–water partition coefficient (Wildman–Crippen LogP) is 3.38. The second kappa shape index (κ2) is 8.80. The van der Waals surface area contributed by atoms with Crippen molar-refractivity contribution >= 4 is 34.6 Å². The van der Waals surface area contributed by atoms with E-state index in [-0.39, 0.29) is 11.4 Å². The number of anilines is 3. The molecule has 28 heavy (non-hydrogen) atoms. The molecule has 0 heterocycles. The lowest BCUT2D eigenvalue weighted by atomic mass is 10.2. The molecule has 0 bridgehead atoms. The van der Waals surface area contributed by atoms with Crippen molar-refractivity contribution in [1.82, 2.24) is 0 Å². The van der Waals surface area contributed by atoms with Crippen LogP contribution >= 0.6 is 0 Å². The van der Waals surface area contributed by atoms with E-state index in [9.17, 15) is 24.1 Å². The van der Waals surface area contributed by atoms with Crippen LogP contribution in [0.4, 0.5) is 27.1 Å². The maximum atomic E-state index is 14.0. The highest BCUT2D eigenvalue weighted by Crippen LogP contribution is 2.33. The lowest BCUT2D eigenvalue weighted by Gasteiger charge is -2.14. The van der Waals surface area contributed by atoms with Gasteiger partial charge in [-0.3, -0.25) is 14.9 Å². The number of hydrogen-bond acceptors (Lipinski definition) is 7. The highest BCUT2D eigenvalue weighted by molar-refractivity contribution is 5.90. The molecule has 0 spiro atoms. The van der Waals surface area contributed by atoms with Crippen LogP contribution in [0.2, 0.25) is 0 Å². The topological polar surface area (TPSA) is 120 Å². The zero-order valence-corrected chi connectivity index (χ0v) is 15.3. The van der Waals surface area contributed by atoms with Crippen molar-refractivity contribution in [2.45, 2.75) is 20.0 Å². The van der Waals surface area contributed by atoms with Gasteiger partial charge in [-0.25, -0.2) is 9.18 Å². The van der Waals surface area contributed by atoms with Crippen LogP contribution in [-0.4, -0.2) is 30.0 Å². The van der Waals surface area contributed by atoms with Gasteiger partial charge in [0, 0.05) is 12.6 Å². The number of carbonyl (C=O) groups excluding carboxylic acids is 2. The molecule has 2 N–H and O–H groups in total. The van der Waals surface area contributed by atoms with Gasteiger partial charge in [-0.05, 0) is 37.3 Å². The summed E-state index contributed by atoms with van der Waals surface area (Å²) in [6, 6.07) is 8.08. The molecule has 0 saturated heterocycles. The molecule has 0 fully saturated rings. The normalized spacial score (nSPS) is 11.3. The summed E-state index contributed by atoms with van der Waals surface area (Å²) >= 11 is 0. The molecule has 0 aliphatic carbocycles. The summed E-state index contributed by atoms with van der Waals surface area (Å²) in [7, 11) is 1.25. The molecule has 1 amide bonds. The van der Waals surface area contributed by atoms with E-state index in [0.717, 1.165) is 12.1 Å². The van der Waals surface area contributed by atoms with Crippen molar-refractivity contribution in [3.63, 3.8) is 0 Å². The van der Waals surface area contributed by atoms with Crippen molar-refractivity contribution < 1.29 is 28.4 Å². The first-order valence-electron chi connectivity index (χ1n) is 8.08. The van der Waals surface area contributed by atoms with Crippen molar-refractivity contribution in [3.8, 4) is 5.75 Å². The first-order chi connectivity index (χ1) is 13.2. The molecular formula is C18H18FN3O6. The second-order valence-corrected chi connectivity index (χ2v) is 5.72. The maximum Gasteiger partial charge on any atom is 0.346 e. The fourth-order valence-corrected chi connectivity index (χ4v) is 2.29. The van der Waals surface area contributed by atoms with E-state index in [1.807, 2.05) is 0 Å². The van der Waals surface area contributed by atoms with Crippen LogP contribution in [0.15, 0.2) is 36.4 Å². The van der Waals surface area contributed by atoms with E-state index in [0.29, 0.717) is 11.4 Å². The molecule has 1 unspecified atom stereocenters. The lowest BCUT2D eigenvalue weighted by molar-refractivity contribution is -0.384. The Hall–Kier alpha value is -3.69. The standard InChI is InChI=1S/C18H18FN3O6/c1-10(18(24)27-3)28-13-6-4-12(5-7-13)21-16-9-15(20-11(2)23)14(19)8-17(16)22(25)26/h4-10,21H,1-3H3,(H,20,23). The first kappa shape index (κ1) is 20.6. The quantitative estimate of drug-likeness (QED) is 0.422. The molecule has 2 aromatic rings. The van der Waals surface area contributed by atoms with Crippen LogP contribution in [0, 0.1) is 15.9 Å². The minimum Gasteiger partial charge on any atom is -0.479 e. The molecule has 0 radical (unpaired) electrons. The Balaban J connectivity index is 2.25. The van der Waals surface area contributed by atoms with E-state index in [1.54, 1.807) is 24.3 Å². The monoisotopic (exact) mass is 391 g/mol. The number of nitrogens with zero attached hydrogens (tertiary/aromatic N) is 1. The van der Waals surface area contributed by atoms with Gasteiger partial charge < -0.3 is 20.1 Å². The van der Waals surface area contributed by atoms with Crippen molar-refractivity contribution in [2.75, 3.05) is 17.7 Å². The molecule has 0 aliphatic heterocycles. The summed E-state index contributed by atoms with van der Waals surface area (Å²) in [5.41, 5.74) is -0.244. The second-order valence-electron chi connectivity index (χ2n) is 5.72. The zero-order chi connectivity index (χ0) is 20.8. The number of hydrogen-bond donors (Lipinski definition) is 2. The van der Waals surface area contributed by atoms with Crippen LogP contribution in [0.25, 0.3) is 0 Å². The Morgan fingerprint density at radius 2 is 1.82 bits per heavy atom. The third-order valence-corrected chi connectivity index (χ3v) is 3.57. The highest BCUT2D eigenvalue weighted by Gasteiger charge is 2.20. The number of carbonyl (C=O) groups is 2. The van der Waals surface area contributed by atoms with E-state index >= 15 is 0 Å². The van der Waals surface area contributed by atoms with Gasteiger partial charge in [0.05, 0.1) is 23.8 Å². The Kier molecular flexibility index (Phi) is 6.48. The van der Waals surface area contributed by atoms with E-state index in [1.165, 1.54) is 21.0 Å². The number of halogens is 1. The third-order valence-electron chi connectivity index (χ3n) is 3.57. The number of nitro benzene ring substituents is 1. The lowest BCUT2D eigenvalue weighted by Crippen LogP contribution is -2.24. The summed E-state index contributed by atoms with van der Waals surface area (Å²) in [6.07, 6.45) is -0.804. The molecule has 9 nitrogen and oxygen atoms in total. The number of ether oxygens (including phenoxy) is 2. The van der Waals surface area contributed by atoms with Crippen LogP contribution in [0.5, 0.6) is 5.75 Å². The Bertz CT molecular complexity index is 901. The highest BCUT2D eigenvalue weighted by atomic mass is 19.1. The van der Waals surface area contributed by atoms with Crippen LogP contribution in [0.1, 0.15) is 13.8 Å². The van der Waals surface area contributed by atoms with Gasteiger partial charge in [0.2, 0.25) is 5.91 Å². The third kappa shape index (κ3) is 5.16. The molecule has 0 aliphatic rings. The average Bonchev–Trinajstić information content (AvgIpc) is 2.64. The Morgan fingerprint density at radius 3 is 2.36 bits per heavy atom. The van der Waals surface area contributed by atoms with Crippen molar-refractivity contribution in [2.24, 2.45) is 0 Å². The largest absolute Gasteiger partial charge is 0.479 e. The fraction of sp³-hybridized carbons (Fsp3) is 0.222. The number of nitrogens with one attached hydrogen (secondary N) is 2. The number of nitro groups is 1. The van der Waals surface area contributed by atoms with E-state index in [2.05, 4.69) is 15.4 Å². The molecular weight excluding hydrogens is 373 g/mol. The van der Waals surface area contributed by atoms with Gasteiger partial charge in [-0.1, -0.05) is 0 Å². The van der Waals surface area contributed by atoms with Crippen molar-refractivity contribution in [1.29, 1.82) is 0 Å². The molecule has 1 atom stereocenters. The number of amides is 1.